The Labute approximate surface area is 127 Å². The fourth-order valence-electron chi connectivity index (χ4n) is 3.77. The molecule has 2 N–H and O–H groups in total. The Kier molecular flexibility index (Phi) is 2.04. The summed E-state index contributed by atoms with van der Waals surface area (Å²) in [5, 5.41) is 13.5. The van der Waals surface area contributed by atoms with E-state index in [1.54, 1.807) is 0 Å². The molecule has 0 amide bonds. The molecule has 22 heavy (non-hydrogen) atoms. The van der Waals surface area contributed by atoms with Crippen molar-refractivity contribution in [2.45, 2.75) is 12.5 Å². The largest absolute Gasteiger partial charge is 0.374 e. The van der Waals surface area contributed by atoms with Crippen LogP contribution in [-0.4, -0.2) is 10.1 Å². The summed E-state index contributed by atoms with van der Waals surface area (Å²) in [5.74, 6) is 0. The molecule has 106 valence electrons. The van der Waals surface area contributed by atoms with Gasteiger partial charge >= 0.3 is 0 Å². The predicted molar refractivity (Wildman–Crippen MR) is 86.0 cm³/mol. The number of para-hydroxylation sites is 2. The number of H-pyrrole nitrogens is 1. The summed E-state index contributed by atoms with van der Waals surface area (Å²) in [6.45, 7) is 1.87. The number of nitrogens with one attached hydrogen (secondary N) is 1. The van der Waals surface area contributed by atoms with Crippen LogP contribution in [-0.2, 0) is 5.60 Å². The van der Waals surface area contributed by atoms with Gasteiger partial charge in [-0.25, -0.2) is 0 Å². The highest BCUT2D eigenvalue weighted by molar-refractivity contribution is 6.07. The average molecular weight is 287 g/mol. The highest BCUT2D eigenvalue weighted by Gasteiger charge is 2.47. The second-order valence-electron chi connectivity index (χ2n) is 6.08. The van der Waals surface area contributed by atoms with Crippen molar-refractivity contribution in [1.82, 2.24) is 4.98 Å². The van der Waals surface area contributed by atoms with Gasteiger partial charge in [0, 0.05) is 28.4 Å². The van der Waals surface area contributed by atoms with Gasteiger partial charge in [-0.2, -0.15) is 4.57 Å². The minimum Gasteiger partial charge on any atom is -0.374 e. The van der Waals surface area contributed by atoms with Crippen LogP contribution >= 0.6 is 0 Å². The summed E-state index contributed by atoms with van der Waals surface area (Å²) < 4.78 is 2.09. The van der Waals surface area contributed by atoms with Gasteiger partial charge in [-0.05, 0) is 19.1 Å². The highest BCUT2D eigenvalue weighted by atomic mass is 16.3. The Balaban J connectivity index is 1.99. The molecule has 1 unspecified atom stereocenters. The minimum absolute atomic E-state index is 0.905. The molecule has 0 spiro atoms. The Morgan fingerprint density at radius 2 is 1.73 bits per heavy atom. The third-order valence-corrected chi connectivity index (χ3v) is 4.76. The summed E-state index contributed by atoms with van der Waals surface area (Å²) in [5.41, 5.74) is 3.99. The molecule has 4 aromatic rings. The topological polar surface area (TPSA) is 39.9 Å². The molecule has 0 saturated carbocycles. The molecule has 3 heteroatoms. The number of nitrogens with zero attached hydrogens (tertiary/aromatic N) is 1. The van der Waals surface area contributed by atoms with Crippen LogP contribution in [0.3, 0.4) is 0 Å². The summed E-state index contributed by atoms with van der Waals surface area (Å²) >= 11 is 0. The van der Waals surface area contributed by atoms with Gasteiger partial charge in [0.2, 0.25) is 11.4 Å². The smallest absolute Gasteiger partial charge is 0.248 e. The van der Waals surface area contributed by atoms with Crippen LogP contribution in [0.25, 0.3) is 27.5 Å². The van der Waals surface area contributed by atoms with E-state index in [2.05, 4.69) is 40.0 Å². The molecule has 0 radical (unpaired) electrons. The standard InChI is InChI=1S/C19H14N2O/c1-19(22)14-7-3-5-9-16(14)21-11-10-13-12-6-2-4-8-15(12)20-17(13)18(19)21/h2-11,22H,1H3/p+1. The van der Waals surface area contributed by atoms with Crippen LogP contribution in [0.1, 0.15) is 18.2 Å². The number of rotatable bonds is 0. The Morgan fingerprint density at radius 3 is 2.64 bits per heavy atom. The lowest BCUT2D eigenvalue weighted by molar-refractivity contribution is -0.600. The van der Waals surface area contributed by atoms with E-state index in [9.17, 15) is 5.11 Å². The second kappa shape index (κ2) is 3.76. The average Bonchev–Trinajstić information content (AvgIpc) is 3.02. The van der Waals surface area contributed by atoms with Gasteiger partial charge in [0.1, 0.15) is 5.52 Å². The van der Waals surface area contributed by atoms with Crippen LogP contribution in [0, 0.1) is 0 Å². The maximum absolute atomic E-state index is 11.2. The highest BCUT2D eigenvalue weighted by Crippen LogP contribution is 2.40. The lowest BCUT2D eigenvalue weighted by Crippen LogP contribution is -2.35. The third kappa shape index (κ3) is 1.27. The van der Waals surface area contributed by atoms with Crippen LogP contribution < -0.4 is 4.57 Å². The summed E-state index contributed by atoms with van der Waals surface area (Å²) in [4.78, 5) is 3.49. The van der Waals surface area contributed by atoms with E-state index in [1.807, 2.05) is 37.3 Å². The predicted octanol–water partition coefficient (Wildman–Crippen LogP) is 3.17. The second-order valence-corrected chi connectivity index (χ2v) is 6.08. The van der Waals surface area contributed by atoms with Crippen molar-refractivity contribution in [1.29, 1.82) is 0 Å². The van der Waals surface area contributed by atoms with Crippen LogP contribution in [0.4, 0.5) is 0 Å². The van der Waals surface area contributed by atoms with Gasteiger partial charge < -0.3 is 10.1 Å². The van der Waals surface area contributed by atoms with Gasteiger partial charge in [0.25, 0.3) is 0 Å². The maximum atomic E-state index is 11.2. The number of pyridine rings is 1. The Morgan fingerprint density at radius 1 is 0.955 bits per heavy atom. The first-order chi connectivity index (χ1) is 10.7. The molecule has 0 fully saturated rings. The number of hydrogen-bond acceptors (Lipinski definition) is 1. The van der Waals surface area contributed by atoms with E-state index in [0.717, 1.165) is 33.4 Å². The number of aromatic nitrogens is 2. The van der Waals surface area contributed by atoms with E-state index in [4.69, 9.17) is 0 Å². The number of aliphatic hydroxyl groups is 1. The molecule has 1 aliphatic rings. The van der Waals surface area contributed by atoms with Crippen molar-refractivity contribution in [3.05, 3.63) is 72.1 Å². The first-order valence-electron chi connectivity index (χ1n) is 7.46. The van der Waals surface area contributed by atoms with Crippen LogP contribution in [0.15, 0.2) is 60.8 Å². The van der Waals surface area contributed by atoms with E-state index >= 15 is 0 Å². The third-order valence-electron chi connectivity index (χ3n) is 4.76. The van der Waals surface area contributed by atoms with Gasteiger partial charge in [-0.1, -0.05) is 30.3 Å². The van der Waals surface area contributed by atoms with E-state index in [1.165, 1.54) is 5.39 Å². The fourth-order valence-corrected chi connectivity index (χ4v) is 3.77. The Bertz CT molecular complexity index is 1060. The zero-order valence-corrected chi connectivity index (χ0v) is 12.2. The van der Waals surface area contributed by atoms with E-state index in [0.29, 0.717) is 0 Å². The molecule has 0 bridgehead atoms. The molecular formula is C19H15N2O+. The number of hydrogen-bond donors (Lipinski definition) is 2. The maximum Gasteiger partial charge on any atom is 0.248 e. The molecule has 3 nitrogen and oxygen atoms in total. The molecular weight excluding hydrogens is 272 g/mol. The number of fused-ring (bicyclic) bond motifs is 7. The number of aromatic amines is 1. The molecule has 2 aromatic carbocycles. The van der Waals surface area contributed by atoms with E-state index < -0.39 is 5.60 Å². The zero-order valence-electron chi connectivity index (χ0n) is 12.2. The van der Waals surface area contributed by atoms with Crippen molar-refractivity contribution in [2.24, 2.45) is 0 Å². The van der Waals surface area contributed by atoms with Crippen LogP contribution in [0.5, 0.6) is 0 Å². The molecule has 1 aliphatic heterocycles. The minimum atomic E-state index is -1.00. The van der Waals surface area contributed by atoms with Crippen molar-refractivity contribution < 1.29 is 9.67 Å². The summed E-state index contributed by atoms with van der Waals surface area (Å²) in [6, 6.07) is 18.4. The first-order valence-corrected chi connectivity index (χ1v) is 7.46. The lowest BCUT2D eigenvalue weighted by atomic mass is 9.93. The van der Waals surface area contributed by atoms with Crippen molar-refractivity contribution in [3.8, 4) is 5.69 Å². The Hall–Kier alpha value is -2.65. The van der Waals surface area contributed by atoms with Crippen molar-refractivity contribution >= 4 is 21.8 Å². The summed E-state index contributed by atoms with van der Waals surface area (Å²) in [7, 11) is 0. The SMILES string of the molecule is CC1(O)c2ccccc2-[n+]2ccc3c([nH]c4ccccc43)c21. The van der Waals surface area contributed by atoms with Crippen LogP contribution in [0.2, 0.25) is 0 Å². The molecule has 1 atom stereocenters. The van der Waals surface area contributed by atoms with Crippen molar-refractivity contribution in [3.63, 3.8) is 0 Å². The molecule has 5 rings (SSSR count). The van der Waals surface area contributed by atoms with Gasteiger partial charge in [0.15, 0.2) is 11.8 Å². The zero-order chi connectivity index (χ0) is 14.9. The molecule has 0 saturated heterocycles. The molecule has 2 aromatic heterocycles. The van der Waals surface area contributed by atoms with E-state index in [-0.39, 0.29) is 0 Å². The monoisotopic (exact) mass is 287 g/mol. The molecule has 3 heterocycles. The van der Waals surface area contributed by atoms with Gasteiger partial charge in [-0.3, -0.25) is 0 Å². The van der Waals surface area contributed by atoms with Gasteiger partial charge in [0.05, 0.1) is 5.56 Å². The number of benzene rings is 2. The fraction of sp³-hybridized carbons (Fsp3) is 0.105. The lowest BCUT2D eigenvalue weighted by Gasteiger charge is -2.13. The van der Waals surface area contributed by atoms with Gasteiger partial charge in [-0.15, -0.1) is 0 Å². The first kappa shape index (κ1) is 12.0. The summed E-state index contributed by atoms with van der Waals surface area (Å²) in [6.07, 6.45) is 2.05. The normalized spacial score (nSPS) is 19.5. The quantitative estimate of drug-likeness (QED) is 0.479. The van der Waals surface area contributed by atoms with Crippen molar-refractivity contribution in [2.75, 3.05) is 0 Å². The molecule has 0 aliphatic carbocycles.